The maximum Gasteiger partial charge on any atom is 0.0890 e. The van der Waals surface area contributed by atoms with Crippen molar-refractivity contribution in [1.29, 1.82) is 0 Å². The summed E-state index contributed by atoms with van der Waals surface area (Å²) in [5.41, 5.74) is 0. The molecule has 0 aliphatic carbocycles. The number of nitrogens with zero attached hydrogens (tertiary/aromatic N) is 1. The predicted molar refractivity (Wildman–Crippen MR) is 43.4 cm³/mol. The Morgan fingerprint density at radius 1 is 1.22 bits per heavy atom. The maximum absolute atomic E-state index is 4.59. The average Bonchev–Trinajstić information content (AvgIpc) is 1.90. The quantitative estimate of drug-likeness (QED) is 0.423. The van der Waals surface area contributed by atoms with E-state index in [-0.39, 0.29) is 0 Å². The van der Waals surface area contributed by atoms with Crippen molar-refractivity contribution in [3.8, 4) is 0 Å². The van der Waals surface area contributed by atoms with Crippen LogP contribution in [-0.2, 0) is 0 Å². The number of quaternary nitrogens is 1. The zero-order valence-corrected chi connectivity index (χ0v) is 7.03. The third-order valence-electron chi connectivity index (χ3n) is 2.24. The van der Waals surface area contributed by atoms with E-state index in [1.807, 2.05) is 0 Å². The summed E-state index contributed by atoms with van der Waals surface area (Å²) in [5, 5.41) is 0. The monoisotopic (exact) mass is 146 g/mol. The first-order chi connectivity index (χ1) is 4.27. The van der Waals surface area contributed by atoms with Crippen LogP contribution in [0.4, 0.5) is 0 Å². The molecular formula is C7H16NS+. The SMILES string of the molecule is CC[N+]1(S)CCCCC1. The summed E-state index contributed by atoms with van der Waals surface area (Å²) in [6.07, 6.45) is 4.16. The molecule has 1 aliphatic heterocycles. The van der Waals surface area contributed by atoms with E-state index in [0.717, 1.165) is 3.89 Å². The normalized spacial score (nSPS) is 26.0. The first-order valence-electron chi connectivity index (χ1n) is 3.86. The molecule has 54 valence electrons. The van der Waals surface area contributed by atoms with Crippen LogP contribution in [0.5, 0.6) is 0 Å². The van der Waals surface area contributed by atoms with Gasteiger partial charge in [-0.2, -0.15) is 0 Å². The van der Waals surface area contributed by atoms with Gasteiger partial charge in [-0.15, -0.1) is 0 Å². The van der Waals surface area contributed by atoms with Crippen LogP contribution in [0.1, 0.15) is 26.2 Å². The molecule has 0 amide bonds. The molecule has 0 spiro atoms. The number of rotatable bonds is 1. The molecule has 1 fully saturated rings. The highest BCUT2D eigenvalue weighted by atomic mass is 32.1. The Kier molecular flexibility index (Phi) is 2.42. The fourth-order valence-electron chi connectivity index (χ4n) is 1.42. The van der Waals surface area contributed by atoms with Gasteiger partial charge in [0, 0.05) is 0 Å². The Morgan fingerprint density at radius 2 is 1.78 bits per heavy atom. The van der Waals surface area contributed by atoms with Crippen LogP contribution in [0.15, 0.2) is 0 Å². The van der Waals surface area contributed by atoms with Crippen molar-refractivity contribution in [3.63, 3.8) is 0 Å². The van der Waals surface area contributed by atoms with E-state index in [9.17, 15) is 0 Å². The molecule has 0 atom stereocenters. The van der Waals surface area contributed by atoms with Gasteiger partial charge in [0.25, 0.3) is 0 Å². The number of hydrogen-bond acceptors (Lipinski definition) is 1. The molecule has 9 heavy (non-hydrogen) atoms. The Hall–Kier alpha value is 0.310. The van der Waals surface area contributed by atoms with Crippen molar-refractivity contribution in [2.75, 3.05) is 19.6 Å². The molecule has 1 rings (SSSR count). The van der Waals surface area contributed by atoms with Crippen LogP contribution in [-0.4, -0.2) is 23.5 Å². The lowest BCUT2D eigenvalue weighted by Crippen LogP contribution is -2.42. The van der Waals surface area contributed by atoms with E-state index < -0.39 is 0 Å². The molecule has 1 saturated heterocycles. The molecule has 0 unspecified atom stereocenters. The second-order valence-electron chi connectivity index (χ2n) is 2.92. The van der Waals surface area contributed by atoms with Crippen molar-refractivity contribution in [1.82, 2.24) is 0 Å². The largest absolute Gasteiger partial charge is 0.264 e. The second-order valence-corrected chi connectivity index (χ2v) is 3.77. The molecule has 0 aromatic heterocycles. The van der Waals surface area contributed by atoms with E-state index in [1.165, 1.54) is 38.9 Å². The van der Waals surface area contributed by atoms with Crippen molar-refractivity contribution in [3.05, 3.63) is 0 Å². The molecule has 0 saturated carbocycles. The number of likely N-dealkylation sites (tertiary alicyclic amines) is 1. The van der Waals surface area contributed by atoms with Gasteiger partial charge in [-0.05, 0) is 26.2 Å². The Bertz CT molecular complexity index is 86.9. The van der Waals surface area contributed by atoms with Crippen LogP contribution in [0, 0.1) is 0 Å². The van der Waals surface area contributed by atoms with E-state index in [4.69, 9.17) is 0 Å². The minimum Gasteiger partial charge on any atom is -0.264 e. The third-order valence-corrected chi connectivity index (χ3v) is 2.92. The molecule has 2 heteroatoms. The Balaban J connectivity index is 2.37. The van der Waals surface area contributed by atoms with E-state index in [2.05, 4.69) is 19.7 Å². The van der Waals surface area contributed by atoms with Crippen LogP contribution in [0.3, 0.4) is 0 Å². The topological polar surface area (TPSA) is 0 Å². The molecule has 0 bridgehead atoms. The summed E-state index contributed by atoms with van der Waals surface area (Å²) < 4.78 is 1.01. The number of hydrogen-bond donors (Lipinski definition) is 1. The van der Waals surface area contributed by atoms with E-state index >= 15 is 0 Å². The smallest absolute Gasteiger partial charge is 0.0890 e. The van der Waals surface area contributed by atoms with Crippen molar-refractivity contribution >= 4 is 12.8 Å². The molecule has 1 heterocycles. The maximum atomic E-state index is 4.59. The van der Waals surface area contributed by atoms with Gasteiger partial charge in [-0.1, -0.05) is 0 Å². The van der Waals surface area contributed by atoms with Crippen LogP contribution >= 0.6 is 12.8 Å². The molecule has 1 nitrogen and oxygen atoms in total. The van der Waals surface area contributed by atoms with Crippen molar-refractivity contribution < 1.29 is 3.89 Å². The number of thiol groups is 1. The van der Waals surface area contributed by atoms with Crippen LogP contribution in [0.25, 0.3) is 0 Å². The molecule has 1 aliphatic rings. The standard InChI is InChI=1S/C7H16NS/c1-2-8(9)6-4-3-5-7-8/h9H,2-7H2,1H3/q+1. The van der Waals surface area contributed by atoms with Crippen molar-refractivity contribution in [2.45, 2.75) is 26.2 Å². The van der Waals surface area contributed by atoms with Gasteiger partial charge in [0.2, 0.25) is 0 Å². The highest BCUT2D eigenvalue weighted by Crippen LogP contribution is 2.20. The third kappa shape index (κ3) is 1.87. The van der Waals surface area contributed by atoms with Gasteiger partial charge >= 0.3 is 0 Å². The molecule has 0 N–H and O–H groups in total. The zero-order chi connectivity index (χ0) is 6.74. The lowest BCUT2D eigenvalue weighted by atomic mass is 10.1. The van der Waals surface area contributed by atoms with Gasteiger partial charge in [-0.25, -0.2) is 0 Å². The summed E-state index contributed by atoms with van der Waals surface area (Å²) >= 11 is 4.59. The average molecular weight is 146 g/mol. The first-order valence-corrected chi connectivity index (χ1v) is 4.26. The first kappa shape index (κ1) is 7.42. The fraction of sp³-hybridized carbons (Fsp3) is 1.00. The fourth-order valence-corrected chi connectivity index (χ4v) is 1.70. The van der Waals surface area contributed by atoms with E-state index in [1.54, 1.807) is 0 Å². The van der Waals surface area contributed by atoms with Gasteiger partial charge < -0.3 is 0 Å². The summed E-state index contributed by atoms with van der Waals surface area (Å²) in [6.45, 7) is 5.96. The number of piperidine rings is 1. The molecule has 0 radical (unpaired) electrons. The van der Waals surface area contributed by atoms with Crippen molar-refractivity contribution in [2.24, 2.45) is 0 Å². The molecular weight excluding hydrogens is 130 g/mol. The molecule has 0 aromatic carbocycles. The van der Waals surface area contributed by atoms with Gasteiger partial charge in [-0.3, -0.25) is 3.89 Å². The molecule has 0 aromatic rings. The van der Waals surface area contributed by atoms with Gasteiger partial charge in [0.1, 0.15) is 0 Å². The van der Waals surface area contributed by atoms with Crippen LogP contribution in [0.2, 0.25) is 0 Å². The van der Waals surface area contributed by atoms with E-state index in [0.29, 0.717) is 0 Å². The minimum atomic E-state index is 1.01. The van der Waals surface area contributed by atoms with Crippen LogP contribution < -0.4 is 0 Å². The summed E-state index contributed by atoms with van der Waals surface area (Å²) in [7, 11) is 0. The highest BCUT2D eigenvalue weighted by Gasteiger charge is 2.23. The lowest BCUT2D eigenvalue weighted by Gasteiger charge is -2.33. The predicted octanol–water partition coefficient (Wildman–Crippen LogP) is 1.85. The summed E-state index contributed by atoms with van der Waals surface area (Å²) in [5.74, 6) is 0. The zero-order valence-electron chi connectivity index (χ0n) is 6.14. The minimum absolute atomic E-state index is 1.01. The summed E-state index contributed by atoms with van der Waals surface area (Å²) in [4.78, 5) is 0. The Morgan fingerprint density at radius 3 is 2.11 bits per heavy atom. The lowest BCUT2D eigenvalue weighted by molar-refractivity contribution is -0.795. The second kappa shape index (κ2) is 2.93. The van der Waals surface area contributed by atoms with Gasteiger partial charge in [0.15, 0.2) is 0 Å². The highest BCUT2D eigenvalue weighted by molar-refractivity contribution is 7.74. The summed E-state index contributed by atoms with van der Waals surface area (Å²) in [6, 6.07) is 0. The van der Waals surface area contributed by atoms with Gasteiger partial charge in [0.05, 0.1) is 32.4 Å². The Labute approximate surface area is 63.2 Å².